The summed E-state index contributed by atoms with van der Waals surface area (Å²) in [5, 5.41) is 17.0. The zero-order valence-electron chi connectivity index (χ0n) is 12.5. The fourth-order valence-electron chi connectivity index (χ4n) is 2.56. The lowest BCUT2D eigenvalue weighted by molar-refractivity contribution is -0.384. The normalized spacial score (nSPS) is 16.7. The highest BCUT2D eigenvalue weighted by Gasteiger charge is 2.23. The number of nitro benzene ring substituents is 1. The van der Waals surface area contributed by atoms with Crippen molar-refractivity contribution in [1.82, 2.24) is 0 Å². The van der Waals surface area contributed by atoms with Gasteiger partial charge in [-0.2, -0.15) is 0 Å². The summed E-state index contributed by atoms with van der Waals surface area (Å²) in [5.74, 6) is 0.0404. The van der Waals surface area contributed by atoms with Gasteiger partial charge in [0.2, 0.25) is 0 Å². The smallest absolute Gasteiger partial charge is 0.296 e. The predicted molar refractivity (Wildman–Crippen MR) is 83.8 cm³/mol. The zero-order valence-corrected chi connectivity index (χ0v) is 12.5. The van der Waals surface area contributed by atoms with Gasteiger partial charge in [0, 0.05) is 6.54 Å². The third kappa shape index (κ3) is 3.59. The number of anilines is 2. The molecule has 8 nitrogen and oxygen atoms in total. The molecule has 0 saturated heterocycles. The maximum atomic E-state index is 11.4. The van der Waals surface area contributed by atoms with E-state index in [4.69, 9.17) is 9.47 Å². The van der Waals surface area contributed by atoms with Gasteiger partial charge in [-0.1, -0.05) is 11.6 Å². The van der Waals surface area contributed by atoms with Crippen LogP contribution < -0.4 is 15.4 Å². The van der Waals surface area contributed by atoms with Crippen LogP contribution in [0.4, 0.5) is 17.1 Å². The number of nitro groups is 1. The molecule has 1 amide bonds. The average molecular weight is 319 g/mol. The van der Waals surface area contributed by atoms with Crippen LogP contribution in [0.3, 0.4) is 0 Å². The zero-order chi connectivity index (χ0) is 16.2. The maximum Gasteiger partial charge on any atom is 0.296 e. The van der Waals surface area contributed by atoms with Crippen LogP contribution in [0.2, 0.25) is 0 Å². The van der Waals surface area contributed by atoms with E-state index >= 15 is 0 Å². The van der Waals surface area contributed by atoms with Gasteiger partial charge in [0.15, 0.2) is 12.4 Å². The van der Waals surface area contributed by atoms with Crippen molar-refractivity contribution in [2.75, 3.05) is 37.0 Å². The summed E-state index contributed by atoms with van der Waals surface area (Å²) in [6.07, 6.45) is 3.72. The summed E-state index contributed by atoms with van der Waals surface area (Å²) >= 11 is 0. The molecule has 2 aliphatic heterocycles. The Bertz CT molecular complexity index is 671. The Hall–Kier alpha value is -2.61. The van der Waals surface area contributed by atoms with Gasteiger partial charge in [-0.05, 0) is 18.9 Å². The highest BCUT2D eigenvalue weighted by molar-refractivity contribution is 5.96. The van der Waals surface area contributed by atoms with Gasteiger partial charge >= 0.3 is 0 Å². The van der Waals surface area contributed by atoms with E-state index in [1.54, 1.807) is 6.07 Å². The molecule has 2 N–H and O–H groups in total. The van der Waals surface area contributed by atoms with Crippen LogP contribution in [0.25, 0.3) is 0 Å². The second-order valence-electron chi connectivity index (χ2n) is 5.32. The Balaban J connectivity index is 1.74. The number of nitrogens with zero attached hydrogens (tertiary/aromatic N) is 1. The Kier molecular flexibility index (Phi) is 4.42. The number of hydrogen-bond acceptors (Lipinski definition) is 6. The number of ether oxygens (including phenoxy) is 2. The lowest BCUT2D eigenvalue weighted by Crippen LogP contribution is -2.25. The highest BCUT2D eigenvalue weighted by Crippen LogP contribution is 2.37. The number of carbonyl (C=O) groups excluding carboxylic acids is 1. The molecular formula is C15H17N3O5. The lowest BCUT2D eigenvalue weighted by atomic mass is 10.1. The molecule has 8 heteroatoms. The van der Waals surface area contributed by atoms with Gasteiger partial charge in [-0.15, -0.1) is 0 Å². The number of rotatable bonds is 5. The van der Waals surface area contributed by atoms with E-state index in [1.165, 1.54) is 11.6 Å². The molecular weight excluding hydrogens is 302 g/mol. The molecule has 3 rings (SSSR count). The quantitative estimate of drug-likeness (QED) is 0.489. The fraction of sp³-hybridized carbons (Fsp3) is 0.400. The molecule has 0 radical (unpaired) electrons. The summed E-state index contributed by atoms with van der Waals surface area (Å²) in [6, 6.07) is 2.88. The first kappa shape index (κ1) is 15.3. The van der Waals surface area contributed by atoms with Crippen LogP contribution in [-0.2, 0) is 9.53 Å². The number of amides is 1. The number of benzene rings is 1. The third-order valence-corrected chi connectivity index (χ3v) is 3.75. The van der Waals surface area contributed by atoms with E-state index in [0.29, 0.717) is 36.9 Å². The highest BCUT2D eigenvalue weighted by atomic mass is 16.6. The van der Waals surface area contributed by atoms with Crippen molar-refractivity contribution >= 4 is 23.0 Å². The van der Waals surface area contributed by atoms with Crippen molar-refractivity contribution in [2.24, 2.45) is 0 Å². The summed E-state index contributed by atoms with van der Waals surface area (Å²) in [5.41, 5.74) is 2.02. The van der Waals surface area contributed by atoms with Crippen molar-refractivity contribution < 1.29 is 19.2 Å². The lowest BCUT2D eigenvalue weighted by Gasteiger charge is -2.19. The van der Waals surface area contributed by atoms with Crippen LogP contribution >= 0.6 is 0 Å². The second kappa shape index (κ2) is 6.66. The van der Waals surface area contributed by atoms with E-state index in [-0.39, 0.29) is 18.2 Å². The average Bonchev–Trinajstić information content (AvgIpc) is 2.55. The van der Waals surface area contributed by atoms with Crippen molar-refractivity contribution in [3.8, 4) is 5.75 Å². The van der Waals surface area contributed by atoms with Gasteiger partial charge in [0.25, 0.3) is 11.6 Å². The van der Waals surface area contributed by atoms with Crippen molar-refractivity contribution in [1.29, 1.82) is 0 Å². The summed E-state index contributed by atoms with van der Waals surface area (Å²) in [4.78, 5) is 22.1. The Morgan fingerprint density at radius 1 is 1.39 bits per heavy atom. The number of fused-ring (bicyclic) bond motifs is 1. The molecule has 0 atom stereocenters. The molecule has 0 bridgehead atoms. The minimum atomic E-state index is -0.462. The van der Waals surface area contributed by atoms with Gasteiger partial charge in [0.05, 0.1) is 29.9 Å². The molecule has 0 aliphatic carbocycles. The molecule has 1 aromatic carbocycles. The van der Waals surface area contributed by atoms with Crippen LogP contribution in [0.15, 0.2) is 23.8 Å². The van der Waals surface area contributed by atoms with Crippen molar-refractivity contribution in [3.63, 3.8) is 0 Å². The SMILES string of the molecule is O=C1COc2cc([N+](=O)[O-])c(NCCC3=CCOCC3)cc2N1. The number of hydrogen-bond donors (Lipinski definition) is 2. The largest absolute Gasteiger partial charge is 0.481 e. The molecule has 0 aromatic heterocycles. The fourth-order valence-corrected chi connectivity index (χ4v) is 2.56. The molecule has 2 aliphatic rings. The summed E-state index contributed by atoms with van der Waals surface area (Å²) in [6.45, 7) is 1.78. The Morgan fingerprint density at radius 3 is 3.00 bits per heavy atom. The molecule has 0 unspecified atom stereocenters. The van der Waals surface area contributed by atoms with E-state index in [1.807, 2.05) is 6.08 Å². The molecule has 2 heterocycles. The maximum absolute atomic E-state index is 11.4. The minimum absolute atomic E-state index is 0.0687. The van der Waals surface area contributed by atoms with Crippen molar-refractivity contribution in [3.05, 3.63) is 33.9 Å². The van der Waals surface area contributed by atoms with E-state index < -0.39 is 4.92 Å². The van der Waals surface area contributed by atoms with Gasteiger partial charge in [0.1, 0.15) is 5.69 Å². The Labute approximate surface area is 132 Å². The molecule has 0 fully saturated rings. The van der Waals surface area contributed by atoms with Gasteiger partial charge in [-0.25, -0.2) is 0 Å². The van der Waals surface area contributed by atoms with E-state index in [0.717, 1.165) is 12.8 Å². The van der Waals surface area contributed by atoms with Gasteiger partial charge < -0.3 is 20.1 Å². The van der Waals surface area contributed by atoms with Crippen LogP contribution in [0.5, 0.6) is 5.75 Å². The number of nitrogens with one attached hydrogen (secondary N) is 2. The second-order valence-corrected chi connectivity index (χ2v) is 5.32. The van der Waals surface area contributed by atoms with E-state index in [9.17, 15) is 14.9 Å². The standard InChI is InChI=1S/C15H17N3O5/c19-15-9-23-14-8-13(18(20)21)11(7-12(14)17-15)16-4-1-10-2-5-22-6-3-10/h2,7-8,16H,1,3-6,9H2,(H,17,19). The first-order chi connectivity index (χ1) is 11.1. The summed E-state index contributed by atoms with van der Waals surface area (Å²) in [7, 11) is 0. The molecule has 0 saturated carbocycles. The third-order valence-electron chi connectivity index (χ3n) is 3.75. The van der Waals surface area contributed by atoms with Gasteiger partial charge in [-0.3, -0.25) is 14.9 Å². The van der Waals surface area contributed by atoms with Crippen LogP contribution in [0.1, 0.15) is 12.8 Å². The molecule has 1 aromatic rings. The Morgan fingerprint density at radius 2 is 2.26 bits per heavy atom. The van der Waals surface area contributed by atoms with Crippen molar-refractivity contribution in [2.45, 2.75) is 12.8 Å². The molecule has 122 valence electrons. The minimum Gasteiger partial charge on any atom is -0.481 e. The topological polar surface area (TPSA) is 103 Å². The molecule has 0 spiro atoms. The molecule has 23 heavy (non-hydrogen) atoms. The summed E-state index contributed by atoms with van der Waals surface area (Å²) < 4.78 is 10.5. The number of carbonyl (C=O) groups is 1. The van der Waals surface area contributed by atoms with E-state index in [2.05, 4.69) is 10.6 Å². The predicted octanol–water partition coefficient (Wildman–Crippen LogP) is 2.07. The first-order valence-electron chi connectivity index (χ1n) is 7.38. The van der Waals surface area contributed by atoms with Crippen LogP contribution in [-0.4, -0.2) is 37.2 Å². The first-order valence-corrected chi connectivity index (χ1v) is 7.38. The van der Waals surface area contributed by atoms with Crippen LogP contribution in [0, 0.1) is 10.1 Å². The monoisotopic (exact) mass is 319 g/mol.